The lowest BCUT2D eigenvalue weighted by Gasteiger charge is -2.35. The second kappa shape index (κ2) is 11.7. The summed E-state index contributed by atoms with van der Waals surface area (Å²) in [7, 11) is 1.64. The van der Waals surface area contributed by atoms with Crippen LogP contribution in [0, 0.1) is 11.3 Å². The Morgan fingerprint density at radius 3 is 2.36 bits per heavy atom. The van der Waals surface area contributed by atoms with Gasteiger partial charge in [0.25, 0.3) is 0 Å². The molecule has 3 N–H and O–H groups in total. The van der Waals surface area contributed by atoms with Crippen molar-refractivity contribution in [3.8, 4) is 0 Å². The minimum atomic E-state index is -0.424. The fourth-order valence-electron chi connectivity index (χ4n) is 3.91. The third-order valence-electron chi connectivity index (χ3n) is 5.39. The predicted molar refractivity (Wildman–Crippen MR) is 101 cm³/mol. The van der Waals surface area contributed by atoms with Crippen LogP contribution < -0.4 is 16.0 Å². The molecule has 2 aliphatic rings. The van der Waals surface area contributed by atoms with Crippen molar-refractivity contribution in [1.29, 1.82) is 0 Å². The number of hydrogen-bond acceptors (Lipinski definition) is 4. The van der Waals surface area contributed by atoms with Gasteiger partial charge in [-0.2, -0.15) is 0 Å². The first-order valence-corrected chi connectivity index (χ1v) is 9.41. The maximum atomic E-state index is 12.5. The Hall–Kier alpha value is -0.850. The molecule has 25 heavy (non-hydrogen) atoms. The van der Waals surface area contributed by atoms with Crippen molar-refractivity contribution in [3.63, 3.8) is 0 Å². The van der Waals surface area contributed by atoms with Gasteiger partial charge in [0.05, 0.1) is 12.0 Å². The normalized spacial score (nSPS) is 20.4. The first kappa shape index (κ1) is 22.2. The van der Waals surface area contributed by atoms with E-state index in [1.54, 1.807) is 7.11 Å². The molecule has 2 fully saturated rings. The molecule has 0 bridgehead atoms. The average Bonchev–Trinajstić information content (AvgIpc) is 2.60. The number of hydrogen-bond donors (Lipinski definition) is 3. The van der Waals surface area contributed by atoms with Crippen LogP contribution in [0.3, 0.4) is 0 Å². The smallest absolute Gasteiger partial charge is 0.228 e. The lowest BCUT2D eigenvalue weighted by Crippen LogP contribution is -2.51. The summed E-state index contributed by atoms with van der Waals surface area (Å²) in [6, 6.07) is 0. The summed E-state index contributed by atoms with van der Waals surface area (Å²) in [6.45, 7) is 3.12. The highest BCUT2D eigenvalue weighted by atomic mass is 35.5. The lowest BCUT2D eigenvalue weighted by atomic mass is 9.78. The van der Waals surface area contributed by atoms with Gasteiger partial charge in [-0.15, -0.1) is 12.4 Å². The number of piperidine rings is 1. The molecule has 1 aliphatic carbocycles. The van der Waals surface area contributed by atoms with Gasteiger partial charge < -0.3 is 20.7 Å². The number of carbonyl (C=O) groups is 2. The van der Waals surface area contributed by atoms with Crippen molar-refractivity contribution >= 4 is 24.2 Å². The topological polar surface area (TPSA) is 79.5 Å². The largest absolute Gasteiger partial charge is 0.384 e. The zero-order valence-electron chi connectivity index (χ0n) is 15.4. The number of ether oxygens (including phenoxy) is 1. The van der Waals surface area contributed by atoms with E-state index < -0.39 is 5.41 Å². The summed E-state index contributed by atoms with van der Waals surface area (Å²) < 4.78 is 5.28. The monoisotopic (exact) mass is 375 g/mol. The molecule has 7 heteroatoms. The number of nitrogens with one attached hydrogen (secondary N) is 3. The molecule has 0 aromatic carbocycles. The van der Waals surface area contributed by atoms with Gasteiger partial charge >= 0.3 is 0 Å². The predicted octanol–water partition coefficient (Wildman–Crippen LogP) is 1.63. The second-order valence-electron chi connectivity index (χ2n) is 7.28. The fraction of sp³-hybridized carbons (Fsp3) is 0.889. The minimum Gasteiger partial charge on any atom is -0.384 e. The van der Waals surface area contributed by atoms with Gasteiger partial charge in [0.1, 0.15) is 0 Å². The van der Waals surface area contributed by atoms with E-state index in [0.717, 1.165) is 25.9 Å². The highest BCUT2D eigenvalue weighted by molar-refractivity contribution is 5.85. The molecule has 0 unspecified atom stereocenters. The molecule has 1 saturated heterocycles. The molecule has 2 amide bonds. The highest BCUT2D eigenvalue weighted by Gasteiger charge is 2.39. The molecule has 146 valence electrons. The maximum Gasteiger partial charge on any atom is 0.228 e. The van der Waals surface area contributed by atoms with Crippen LogP contribution in [0.25, 0.3) is 0 Å². The molecular formula is C18H34ClN3O3. The molecule has 0 aromatic rings. The van der Waals surface area contributed by atoms with Gasteiger partial charge in [0.2, 0.25) is 11.8 Å². The zero-order chi connectivity index (χ0) is 17.3. The van der Waals surface area contributed by atoms with Crippen LogP contribution in [-0.2, 0) is 14.3 Å². The first-order valence-electron chi connectivity index (χ1n) is 9.41. The Morgan fingerprint density at radius 1 is 1.08 bits per heavy atom. The fourth-order valence-corrected chi connectivity index (χ4v) is 3.91. The number of amides is 2. The van der Waals surface area contributed by atoms with Gasteiger partial charge in [-0.3, -0.25) is 9.59 Å². The van der Waals surface area contributed by atoms with Crippen molar-refractivity contribution in [2.45, 2.75) is 51.4 Å². The standard InChI is InChI=1S/C18H33N3O3.ClH/c1-24-14-18(7-9-19-10-8-18)17(23)21-12-11-20-16(22)13-15-5-3-2-4-6-15;/h15,19H,2-14H2,1H3,(H,20,22)(H,21,23);1H. The van der Waals surface area contributed by atoms with Gasteiger partial charge in [-0.1, -0.05) is 19.3 Å². The quantitative estimate of drug-likeness (QED) is 0.563. The van der Waals surface area contributed by atoms with Crippen molar-refractivity contribution in [2.24, 2.45) is 11.3 Å². The van der Waals surface area contributed by atoms with Crippen LogP contribution in [0.4, 0.5) is 0 Å². The second-order valence-corrected chi connectivity index (χ2v) is 7.28. The summed E-state index contributed by atoms with van der Waals surface area (Å²) in [5.74, 6) is 0.713. The summed E-state index contributed by atoms with van der Waals surface area (Å²) in [6.07, 6.45) is 8.39. The van der Waals surface area contributed by atoms with Crippen LogP contribution in [0.15, 0.2) is 0 Å². The van der Waals surface area contributed by atoms with Crippen LogP contribution in [0.2, 0.25) is 0 Å². The lowest BCUT2D eigenvalue weighted by molar-refractivity contribution is -0.136. The molecule has 0 aromatic heterocycles. The van der Waals surface area contributed by atoms with E-state index in [9.17, 15) is 9.59 Å². The molecular weight excluding hydrogens is 342 g/mol. The van der Waals surface area contributed by atoms with Gasteiger partial charge in [-0.05, 0) is 44.7 Å². The average molecular weight is 376 g/mol. The maximum absolute atomic E-state index is 12.5. The Bertz CT molecular complexity index is 403. The first-order chi connectivity index (χ1) is 11.7. The molecule has 0 radical (unpaired) electrons. The zero-order valence-corrected chi connectivity index (χ0v) is 16.2. The Labute approximate surface area is 157 Å². The minimum absolute atomic E-state index is 0. The van der Waals surface area contributed by atoms with Crippen molar-refractivity contribution in [1.82, 2.24) is 16.0 Å². The third kappa shape index (κ3) is 7.12. The van der Waals surface area contributed by atoms with Crippen LogP contribution in [0.1, 0.15) is 51.4 Å². The number of methoxy groups -OCH3 is 1. The Kier molecular flexibility index (Phi) is 10.4. The molecule has 6 nitrogen and oxygen atoms in total. The van der Waals surface area contributed by atoms with E-state index in [-0.39, 0.29) is 24.2 Å². The van der Waals surface area contributed by atoms with Crippen LogP contribution in [0.5, 0.6) is 0 Å². The molecule has 1 heterocycles. The van der Waals surface area contributed by atoms with Crippen molar-refractivity contribution < 1.29 is 14.3 Å². The third-order valence-corrected chi connectivity index (χ3v) is 5.39. The molecule has 0 spiro atoms. The van der Waals surface area contributed by atoms with E-state index in [2.05, 4.69) is 16.0 Å². The Balaban J connectivity index is 0.00000312. The van der Waals surface area contributed by atoms with Gasteiger partial charge in [-0.25, -0.2) is 0 Å². The highest BCUT2D eigenvalue weighted by Crippen LogP contribution is 2.29. The summed E-state index contributed by atoms with van der Waals surface area (Å²) in [4.78, 5) is 24.5. The number of carbonyl (C=O) groups excluding carboxylic acids is 2. The molecule has 1 aliphatic heterocycles. The van der Waals surface area contributed by atoms with Crippen LogP contribution in [-0.4, -0.2) is 51.7 Å². The van der Waals surface area contributed by atoms with Crippen LogP contribution >= 0.6 is 12.4 Å². The number of halogens is 1. The van der Waals surface area contributed by atoms with Crippen molar-refractivity contribution in [3.05, 3.63) is 0 Å². The van der Waals surface area contributed by atoms with E-state index in [0.29, 0.717) is 32.0 Å². The summed E-state index contributed by atoms with van der Waals surface area (Å²) in [5.41, 5.74) is -0.424. The van der Waals surface area contributed by atoms with E-state index in [1.807, 2.05) is 0 Å². The molecule has 0 atom stereocenters. The summed E-state index contributed by atoms with van der Waals surface area (Å²) >= 11 is 0. The van der Waals surface area contributed by atoms with Gasteiger partial charge in [0.15, 0.2) is 0 Å². The van der Waals surface area contributed by atoms with E-state index in [4.69, 9.17) is 4.74 Å². The molecule has 2 rings (SSSR count). The summed E-state index contributed by atoms with van der Waals surface area (Å²) in [5, 5.41) is 9.19. The number of rotatable bonds is 8. The Morgan fingerprint density at radius 2 is 1.72 bits per heavy atom. The molecule has 1 saturated carbocycles. The SMILES string of the molecule is COCC1(C(=O)NCCNC(=O)CC2CCCCC2)CCNCC1.Cl. The van der Waals surface area contributed by atoms with Crippen molar-refractivity contribution in [2.75, 3.05) is 39.9 Å². The van der Waals surface area contributed by atoms with E-state index in [1.165, 1.54) is 32.1 Å². The van der Waals surface area contributed by atoms with Gasteiger partial charge in [0, 0.05) is 26.6 Å². The van der Waals surface area contributed by atoms with E-state index >= 15 is 0 Å².